The van der Waals surface area contributed by atoms with Gasteiger partial charge in [0.25, 0.3) is 0 Å². The minimum atomic E-state index is -0.0286. The lowest BCUT2D eigenvalue weighted by Gasteiger charge is -2.15. The summed E-state index contributed by atoms with van der Waals surface area (Å²) in [7, 11) is 3.29. The Kier molecular flexibility index (Phi) is 7.30. The predicted molar refractivity (Wildman–Crippen MR) is 114 cm³/mol. The number of ether oxygens (including phenoxy) is 3. The second kappa shape index (κ2) is 10.1. The molecule has 0 aliphatic carbocycles. The molecule has 5 nitrogen and oxygen atoms in total. The van der Waals surface area contributed by atoms with Gasteiger partial charge in [-0.15, -0.1) is 0 Å². The van der Waals surface area contributed by atoms with Crippen molar-refractivity contribution in [2.45, 2.75) is 26.3 Å². The highest BCUT2D eigenvalue weighted by molar-refractivity contribution is 6.07. The molecule has 1 aliphatic heterocycles. The molecule has 1 saturated heterocycles. The van der Waals surface area contributed by atoms with Gasteiger partial charge in [0.15, 0.2) is 17.3 Å². The average molecular weight is 397 g/mol. The zero-order chi connectivity index (χ0) is 20.6. The summed E-state index contributed by atoms with van der Waals surface area (Å²) in [5.41, 5.74) is 2.65. The highest BCUT2D eigenvalue weighted by Crippen LogP contribution is 2.28. The Morgan fingerprint density at radius 3 is 2.41 bits per heavy atom. The molecule has 1 N–H and O–H groups in total. The standard InChI is InChI=1S/C24H29NO4/c1-4-29-24-15-18(8-11-23(24)28-3)7-10-21(26)19-9-12-22(27-2)20(16-19)17-25-13-5-6-14-25/h7-12,15-16H,4-6,13-14,17H2,1-3H3/p+1/b10-7+. The van der Waals surface area contributed by atoms with Crippen LogP contribution >= 0.6 is 0 Å². The molecule has 3 rings (SSSR count). The van der Waals surface area contributed by atoms with Crippen LogP contribution in [0, 0.1) is 0 Å². The Bertz CT molecular complexity index is 869. The van der Waals surface area contributed by atoms with E-state index in [1.807, 2.05) is 43.3 Å². The van der Waals surface area contributed by atoms with Gasteiger partial charge in [-0.1, -0.05) is 12.1 Å². The summed E-state index contributed by atoms with van der Waals surface area (Å²) < 4.78 is 16.4. The topological polar surface area (TPSA) is 49.2 Å². The molecule has 0 spiro atoms. The van der Waals surface area contributed by atoms with Crippen molar-refractivity contribution in [1.29, 1.82) is 0 Å². The van der Waals surface area contributed by atoms with Crippen molar-refractivity contribution in [1.82, 2.24) is 0 Å². The van der Waals surface area contributed by atoms with Crippen LogP contribution in [0.1, 0.15) is 41.3 Å². The number of allylic oxidation sites excluding steroid dienone is 1. The van der Waals surface area contributed by atoms with Gasteiger partial charge in [-0.3, -0.25) is 4.79 Å². The molecule has 2 aromatic carbocycles. The van der Waals surface area contributed by atoms with E-state index in [-0.39, 0.29) is 5.78 Å². The first-order chi connectivity index (χ1) is 14.1. The van der Waals surface area contributed by atoms with Crippen molar-refractivity contribution in [3.63, 3.8) is 0 Å². The van der Waals surface area contributed by atoms with Crippen LogP contribution in [0.5, 0.6) is 17.2 Å². The molecule has 5 heteroatoms. The van der Waals surface area contributed by atoms with Crippen LogP contribution < -0.4 is 19.1 Å². The van der Waals surface area contributed by atoms with Crippen LogP contribution in [0.3, 0.4) is 0 Å². The van der Waals surface area contributed by atoms with Crippen molar-refractivity contribution in [2.24, 2.45) is 0 Å². The van der Waals surface area contributed by atoms with Crippen molar-refractivity contribution in [3.8, 4) is 17.2 Å². The molecule has 0 amide bonds. The normalized spacial score (nSPS) is 14.3. The zero-order valence-electron chi connectivity index (χ0n) is 17.5. The van der Waals surface area contributed by atoms with Gasteiger partial charge in [-0.05, 0) is 48.9 Å². The maximum atomic E-state index is 12.8. The van der Waals surface area contributed by atoms with Gasteiger partial charge in [-0.2, -0.15) is 0 Å². The molecule has 0 aromatic heterocycles. The monoisotopic (exact) mass is 396 g/mol. The average Bonchev–Trinajstić information content (AvgIpc) is 3.25. The Balaban J connectivity index is 1.76. The van der Waals surface area contributed by atoms with E-state index < -0.39 is 0 Å². The van der Waals surface area contributed by atoms with Crippen LogP contribution in [-0.4, -0.2) is 39.7 Å². The molecule has 0 radical (unpaired) electrons. The van der Waals surface area contributed by atoms with Crippen molar-refractivity contribution >= 4 is 11.9 Å². The van der Waals surface area contributed by atoms with E-state index >= 15 is 0 Å². The summed E-state index contributed by atoms with van der Waals surface area (Å²) in [5, 5.41) is 0. The molecule has 0 saturated carbocycles. The molecular formula is C24H30NO4+. The number of methoxy groups -OCH3 is 2. The quantitative estimate of drug-likeness (QED) is 0.523. The summed E-state index contributed by atoms with van der Waals surface area (Å²) in [6.45, 7) is 5.73. The molecule has 1 aliphatic rings. The first kappa shape index (κ1) is 20.9. The number of rotatable bonds is 9. The van der Waals surface area contributed by atoms with E-state index in [4.69, 9.17) is 14.2 Å². The second-order valence-corrected chi connectivity index (χ2v) is 7.20. The third kappa shape index (κ3) is 5.39. The lowest BCUT2D eigenvalue weighted by Crippen LogP contribution is -3.08. The maximum Gasteiger partial charge on any atom is 0.185 e. The van der Waals surface area contributed by atoms with Crippen LogP contribution in [0.4, 0.5) is 0 Å². The van der Waals surface area contributed by atoms with Gasteiger partial charge in [0.2, 0.25) is 0 Å². The Morgan fingerprint density at radius 1 is 1.00 bits per heavy atom. The molecule has 29 heavy (non-hydrogen) atoms. The lowest BCUT2D eigenvalue weighted by atomic mass is 10.0. The van der Waals surface area contributed by atoms with Gasteiger partial charge < -0.3 is 19.1 Å². The fourth-order valence-electron chi connectivity index (χ4n) is 3.72. The van der Waals surface area contributed by atoms with Crippen molar-refractivity contribution in [2.75, 3.05) is 33.9 Å². The Morgan fingerprint density at radius 2 is 1.72 bits per heavy atom. The van der Waals surface area contributed by atoms with Gasteiger partial charge in [0, 0.05) is 24.0 Å². The number of carbonyl (C=O) groups excluding carboxylic acids is 1. The van der Waals surface area contributed by atoms with E-state index in [9.17, 15) is 4.79 Å². The Labute approximate surface area is 172 Å². The molecule has 0 bridgehead atoms. The van der Waals surface area contributed by atoms with E-state index in [0.717, 1.165) is 23.4 Å². The van der Waals surface area contributed by atoms with Gasteiger partial charge >= 0.3 is 0 Å². The van der Waals surface area contributed by atoms with Crippen LogP contribution in [0.15, 0.2) is 42.5 Å². The number of ketones is 1. The summed E-state index contributed by atoms with van der Waals surface area (Å²) >= 11 is 0. The summed E-state index contributed by atoms with van der Waals surface area (Å²) in [6, 6.07) is 11.3. The summed E-state index contributed by atoms with van der Waals surface area (Å²) in [5.74, 6) is 2.17. The number of hydrogen-bond acceptors (Lipinski definition) is 4. The number of hydrogen-bond donors (Lipinski definition) is 1. The van der Waals surface area contributed by atoms with Crippen molar-refractivity contribution < 1.29 is 23.9 Å². The molecule has 0 unspecified atom stereocenters. The molecule has 154 valence electrons. The third-order valence-corrected chi connectivity index (χ3v) is 5.23. The number of nitrogens with one attached hydrogen (secondary N) is 1. The minimum absolute atomic E-state index is 0.0286. The zero-order valence-corrected chi connectivity index (χ0v) is 17.5. The van der Waals surface area contributed by atoms with E-state index in [1.165, 1.54) is 25.9 Å². The van der Waals surface area contributed by atoms with Crippen LogP contribution in [0.25, 0.3) is 6.08 Å². The van der Waals surface area contributed by atoms with Gasteiger partial charge in [0.1, 0.15) is 12.3 Å². The maximum absolute atomic E-state index is 12.8. The van der Waals surface area contributed by atoms with Crippen LogP contribution in [0.2, 0.25) is 0 Å². The summed E-state index contributed by atoms with van der Waals surface area (Å²) in [4.78, 5) is 14.3. The van der Waals surface area contributed by atoms with Gasteiger partial charge in [0.05, 0.1) is 33.9 Å². The number of quaternary nitrogens is 1. The SMILES string of the molecule is CCOc1cc(/C=C/C(=O)c2ccc(OC)c(C[NH+]3CCCC3)c2)ccc1OC. The molecule has 2 aromatic rings. The first-order valence-corrected chi connectivity index (χ1v) is 10.2. The number of carbonyl (C=O) groups is 1. The molecular weight excluding hydrogens is 366 g/mol. The van der Waals surface area contributed by atoms with E-state index in [2.05, 4.69) is 0 Å². The second-order valence-electron chi connectivity index (χ2n) is 7.20. The van der Waals surface area contributed by atoms with E-state index in [1.54, 1.807) is 31.3 Å². The lowest BCUT2D eigenvalue weighted by molar-refractivity contribution is -0.901. The number of likely N-dealkylation sites (tertiary alicyclic amines) is 1. The molecule has 1 fully saturated rings. The van der Waals surface area contributed by atoms with E-state index in [0.29, 0.717) is 23.7 Å². The highest BCUT2D eigenvalue weighted by Gasteiger charge is 2.18. The number of benzene rings is 2. The van der Waals surface area contributed by atoms with Crippen LogP contribution in [-0.2, 0) is 6.54 Å². The smallest absolute Gasteiger partial charge is 0.185 e. The highest BCUT2D eigenvalue weighted by atomic mass is 16.5. The van der Waals surface area contributed by atoms with Crippen molar-refractivity contribution in [3.05, 3.63) is 59.2 Å². The fraction of sp³-hybridized carbons (Fsp3) is 0.375. The Hall–Kier alpha value is -2.79. The minimum Gasteiger partial charge on any atom is -0.496 e. The predicted octanol–water partition coefficient (Wildman–Crippen LogP) is 3.18. The van der Waals surface area contributed by atoms with Gasteiger partial charge in [-0.25, -0.2) is 0 Å². The summed E-state index contributed by atoms with van der Waals surface area (Å²) in [6.07, 6.45) is 5.95. The molecule has 0 atom stereocenters. The fourth-order valence-corrected chi connectivity index (χ4v) is 3.72. The largest absolute Gasteiger partial charge is 0.496 e. The first-order valence-electron chi connectivity index (χ1n) is 10.2. The third-order valence-electron chi connectivity index (χ3n) is 5.23. The molecule has 1 heterocycles.